The summed E-state index contributed by atoms with van der Waals surface area (Å²) in [7, 11) is 0. The number of nitrogens with one attached hydrogen (secondary N) is 2. The number of oxazole rings is 1. The number of hydrogen-bond donors (Lipinski definition) is 2. The van der Waals surface area contributed by atoms with E-state index in [1.54, 1.807) is 6.26 Å². The second-order valence-electron chi connectivity index (χ2n) is 7.37. The summed E-state index contributed by atoms with van der Waals surface area (Å²) in [5.41, 5.74) is 8.97. The molecule has 9 heteroatoms. The third-order valence-corrected chi connectivity index (χ3v) is 6.22. The third-order valence-electron chi connectivity index (χ3n) is 5.25. The Morgan fingerprint density at radius 3 is 2.83 bits per heavy atom. The van der Waals surface area contributed by atoms with Gasteiger partial charge in [-0.15, -0.1) is 5.10 Å². The Hall–Kier alpha value is -3.04. The number of hydrazone groups is 1. The lowest BCUT2D eigenvalue weighted by atomic mass is 10.1. The molecule has 0 spiro atoms. The van der Waals surface area contributed by atoms with Crippen molar-refractivity contribution in [2.24, 2.45) is 5.10 Å². The average molecular weight is 423 g/mol. The summed E-state index contributed by atoms with van der Waals surface area (Å²) in [6.45, 7) is 3.96. The normalized spacial score (nSPS) is 20.8. The largest absolute Gasteiger partial charge is 0.468 e. The molecule has 30 heavy (non-hydrogen) atoms. The first kappa shape index (κ1) is 19.0. The van der Waals surface area contributed by atoms with E-state index < -0.39 is 0 Å². The Kier molecular flexibility index (Phi) is 4.84. The minimum Gasteiger partial charge on any atom is -0.468 e. The van der Waals surface area contributed by atoms with Crippen LogP contribution in [0.2, 0.25) is 0 Å². The molecule has 2 atom stereocenters. The van der Waals surface area contributed by atoms with Gasteiger partial charge in [0.25, 0.3) is 5.91 Å². The van der Waals surface area contributed by atoms with Crippen molar-refractivity contribution in [1.29, 1.82) is 0 Å². The second kappa shape index (κ2) is 7.66. The SMILES string of the molecule is Cc1ccc(-c2nc(CSC3=NNC(=O)C4CC(c5ccco5)NN34)c(C)o2)cc1. The highest BCUT2D eigenvalue weighted by Gasteiger charge is 2.42. The summed E-state index contributed by atoms with van der Waals surface area (Å²) < 4.78 is 11.4. The zero-order valence-corrected chi connectivity index (χ0v) is 17.4. The summed E-state index contributed by atoms with van der Waals surface area (Å²) in [6, 6.07) is 11.4. The van der Waals surface area contributed by atoms with Crippen LogP contribution in [0, 0.1) is 13.8 Å². The van der Waals surface area contributed by atoms with Crippen LogP contribution in [-0.4, -0.2) is 27.1 Å². The van der Waals surface area contributed by atoms with Gasteiger partial charge >= 0.3 is 0 Å². The summed E-state index contributed by atoms with van der Waals surface area (Å²) in [4.78, 5) is 16.9. The predicted octanol–water partition coefficient (Wildman–Crippen LogP) is 3.51. The highest BCUT2D eigenvalue weighted by molar-refractivity contribution is 8.13. The first-order chi connectivity index (χ1) is 14.6. The van der Waals surface area contributed by atoms with E-state index in [1.165, 1.54) is 17.3 Å². The van der Waals surface area contributed by atoms with Crippen LogP contribution in [0.3, 0.4) is 0 Å². The number of nitrogens with zero attached hydrogens (tertiary/aromatic N) is 3. The summed E-state index contributed by atoms with van der Waals surface area (Å²) in [6.07, 6.45) is 2.25. The minimum atomic E-state index is -0.332. The third kappa shape index (κ3) is 3.50. The first-order valence-corrected chi connectivity index (χ1v) is 10.7. The maximum atomic E-state index is 12.3. The molecule has 5 rings (SSSR count). The van der Waals surface area contributed by atoms with Crippen molar-refractivity contribution in [3.05, 3.63) is 65.4 Å². The number of fused-ring (bicyclic) bond motifs is 1. The van der Waals surface area contributed by atoms with Crippen molar-refractivity contribution >= 4 is 22.8 Å². The van der Waals surface area contributed by atoms with Gasteiger partial charge in [-0.2, -0.15) is 0 Å². The molecule has 154 valence electrons. The number of carbonyl (C=O) groups is 1. The number of amides is 1. The maximum Gasteiger partial charge on any atom is 0.264 e. The van der Waals surface area contributed by atoms with E-state index in [-0.39, 0.29) is 18.0 Å². The molecule has 3 aromatic rings. The molecule has 1 saturated heterocycles. The van der Waals surface area contributed by atoms with Crippen molar-refractivity contribution in [3.63, 3.8) is 0 Å². The Morgan fingerprint density at radius 1 is 1.23 bits per heavy atom. The van der Waals surface area contributed by atoms with Crippen LogP contribution in [0.4, 0.5) is 0 Å². The van der Waals surface area contributed by atoms with Gasteiger partial charge in [-0.05, 0) is 38.1 Å². The molecule has 0 radical (unpaired) electrons. The van der Waals surface area contributed by atoms with E-state index in [9.17, 15) is 4.79 Å². The monoisotopic (exact) mass is 423 g/mol. The van der Waals surface area contributed by atoms with Gasteiger partial charge in [-0.3, -0.25) is 9.80 Å². The van der Waals surface area contributed by atoms with E-state index in [4.69, 9.17) is 8.83 Å². The molecule has 2 aromatic heterocycles. The molecule has 1 amide bonds. The molecule has 8 nitrogen and oxygen atoms in total. The van der Waals surface area contributed by atoms with Crippen LogP contribution >= 0.6 is 11.8 Å². The van der Waals surface area contributed by atoms with Crippen LogP contribution in [-0.2, 0) is 10.5 Å². The summed E-state index contributed by atoms with van der Waals surface area (Å²) in [5, 5.41) is 6.76. The van der Waals surface area contributed by atoms with Crippen LogP contribution < -0.4 is 10.9 Å². The highest BCUT2D eigenvalue weighted by atomic mass is 32.2. The zero-order chi connectivity index (χ0) is 20.7. The van der Waals surface area contributed by atoms with Gasteiger partial charge in [0.2, 0.25) is 5.89 Å². The molecule has 0 saturated carbocycles. The maximum absolute atomic E-state index is 12.3. The fourth-order valence-electron chi connectivity index (χ4n) is 3.57. The smallest absolute Gasteiger partial charge is 0.264 e. The molecule has 1 fully saturated rings. The molecule has 1 aromatic carbocycles. The minimum absolute atomic E-state index is 0.0680. The van der Waals surface area contributed by atoms with Crippen LogP contribution in [0.25, 0.3) is 11.5 Å². The molecule has 4 heterocycles. The lowest BCUT2D eigenvalue weighted by Crippen LogP contribution is -2.52. The number of hydrazine groups is 1. The summed E-state index contributed by atoms with van der Waals surface area (Å²) in [5.74, 6) is 2.64. The average Bonchev–Trinajstić information content (AvgIpc) is 3.48. The van der Waals surface area contributed by atoms with Crippen molar-refractivity contribution in [2.45, 2.75) is 38.1 Å². The van der Waals surface area contributed by atoms with Gasteiger partial charge in [0.05, 0.1) is 18.0 Å². The van der Waals surface area contributed by atoms with Gasteiger partial charge in [-0.25, -0.2) is 15.8 Å². The number of aryl methyl sites for hydroxylation is 2. The molecule has 2 aliphatic heterocycles. The van der Waals surface area contributed by atoms with Crippen molar-refractivity contribution in [2.75, 3.05) is 0 Å². The molecule has 0 bridgehead atoms. The van der Waals surface area contributed by atoms with E-state index in [0.717, 1.165) is 22.8 Å². The predicted molar refractivity (Wildman–Crippen MR) is 113 cm³/mol. The highest BCUT2D eigenvalue weighted by Crippen LogP contribution is 2.32. The van der Waals surface area contributed by atoms with Crippen molar-refractivity contribution in [1.82, 2.24) is 20.8 Å². The van der Waals surface area contributed by atoms with Gasteiger partial charge in [0.1, 0.15) is 17.6 Å². The summed E-state index contributed by atoms with van der Waals surface area (Å²) >= 11 is 1.50. The second-order valence-corrected chi connectivity index (χ2v) is 8.31. The van der Waals surface area contributed by atoms with E-state index >= 15 is 0 Å². The molecule has 2 unspecified atom stereocenters. The first-order valence-electron chi connectivity index (χ1n) is 9.71. The van der Waals surface area contributed by atoms with E-state index in [1.807, 2.05) is 55.3 Å². The number of hydrogen-bond acceptors (Lipinski definition) is 8. The fraction of sp³-hybridized carbons (Fsp3) is 0.286. The Bertz CT molecular complexity index is 1090. The molecular formula is C21H21N5O3S. The number of benzene rings is 1. The topological polar surface area (TPSA) is 95.9 Å². The van der Waals surface area contributed by atoms with Gasteiger partial charge in [0, 0.05) is 17.7 Å². The number of furan rings is 1. The molecular weight excluding hydrogens is 402 g/mol. The molecule has 2 N–H and O–H groups in total. The van der Waals surface area contributed by atoms with Crippen LogP contribution in [0.15, 0.2) is 56.6 Å². The van der Waals surface area contributed by atoms with Gasteiger partial charge in [-0.1, -0.05) is 29.5 Å². The van der Waals surface area contributed by atoms with Crippen molar-refractivity contribution < 1.29 is 13.6 Å². The van der Waals surface area contributed by atoms with Crippen LogP contribution in [0.1, 0.15) is 35.2 Å². The van der Waals surface area contributed by atoms with Gasteiger partial charge < -0.3 is 8.83 Å². The number of amidine groups is 1. The quantitative estimate of drug-likeness (QED) is 0.663. The molecule has 0 aliphatic carbocycles. The van der Waals surface area contributed by atoms with Gasteiger partial charge in [0.15, 0.2) is 5.17 Å². The molecule has 2 aliphatic rings. The van der Waals surface area contributed by atoms with E-state index in [0.29, 0.717) is 23.2 Å². The van der Waals surface area contributed by atoms with E-state index in [2.05, 4.69) is 20.9 Å². The number of thioether (sulfide) groups is 1. The zero-order valence-electron chi connectivity index (χ0n) is 16.6. The lowest BCUT2D eigenvalue weighted by molar-refractivity contribution is -0.125. The standard InChI is InChI=1S/C21H21N5O3S/c1-12-5-7-14(8-6-12)20-22-16(13(2)29-20)11-30-21-24-23-19(27)17-10-15(25-26(17)21)18-4-3-9-28-18/h3-9,15,17,25H,10-11H2,1-2H3,(H,23,27). The Morgan fingerprint density at radius 2 is 2.07 bits per heavy atom. The number of aromatic nitrogens is 1. The fourth-order valence-corrected chi connectivity index (χ4v) is 4.53. The lowest BCUT2D eigenvalue weighted by Gasteiger charge is -2.29. The number of rotatable bonds is 4. The van der Waals surface area contributed by atoms with Crippen molar-refractivity contribution in [3.8, 4) is 11.5 Å². The Balaban J connectivity index is 1.30. The number of carbonyl (C=O) groups excluding carboxylic acids is 1. The Labute approximate surface area is 177 Å². The van der Waals surface area contributed by atoms with Crippen LogP contribution in [0.5, 0.6) is 0 Å².